The highest BCUT2D eigenvalue weighted by Gasteiger charge is 2.41. The van der Waals surface area contributed by atoms with E-state index in [1.165, 1.54) is 11.3 Å². The van der Waals surface area contributed by atoms with E-state index in [0.717, 1.165) is 10.4 Å². The van der Waals surface area contributed by atoms with E-state index in [9.17, 15) is 9.59 Å². The lowest BCUT2D eigenvalue weighted by molar-refractivity contribution is -0.130. The van der Waals surface area contributed by atoms with Crippen LogP contribution in [0.15, 0.2) is 36.4 Å². The van der Waals surface area contributed by atoms with Gasteiger partial charge in [-0.1, -0.05) is 23.7 Å². The summed E-state index contributed by atoms with van der Waals surface area (Å²) in [6.07, 6.45) is 1.17. The summed E-state index contributed by atoms with van der Waals surface area (Å²) in [4.78, 5) is 25.1. The largest absolute Gasteiger partial charge is 0.477 e. The molecule has 1 aliphatic heterocycles. The number of aromatic carboxylic acids is 1. The molecule has 1 aliphatic rings. The van der Waals surface area contributed by atoms with Crippen LogP contribution in [0.1, 0.15) is 33.0 Å². The van der Waals surface area contributed by atoms with Crippen LogP contribution in [-0.2, 0) is 21.5 Å². The molecule has 7 heteroatoms. The Balaban J connectivity index is 1.78. The van der Waals surface area contributed by atoms with E-state index in [4.69, 9.17) is 21.4 Å². The molecule has 0 spiro atoms. The topological polar surface area (TPSA) is 75.6 Å². The summed E-state index contributed by atoms with van der Waals surface area (Å²) in [5.41, 5.74) is 0.217. The number of amides is 1. The van der Waals surface area contributed by atoms with Gasteiger partial charge in [0.25, 0.3) is 0 Å². The first kappa shape index (κ1) is 17.9. The maximum Gasteiger partial charge on any atom is 0.345 e. The fourth-order valence-electron chi connectivity index (χ4n) is 3.08. The van der Waals surface area contributed by atoms with E-state index >= 15 is 0 Å². The molecule has 1 amide bonds. The van der Waals surface area contributed by atoms with Gasteiger partial charge in [-0.3, -0.25) is 4.79 Å². The second kappa shape index (κ2) is 7.56. The number of nitrogens with one attached hydrogen (secondary N) is 1. The summed E-state index contributed by atoms with van der Waals surface area (Å²) in [6.45, 7) is 1.34. The maximum absolute atomic E-state index is 13.0. The van der Waals surface area contributed by atoms with Gasteiger partial charge in [-0.15, -0.1) is 11.3 Å². The monoisotopic (exact) mass is 379 g/mol. The van der Waals surface area contributed by atoms with Gasteiger partial charge < -0.3 is 15.2 Å². The first-order valence-electron chi connectivity index (χ1n) is 7.95. The van der Waals surface area contributed by atoms with E-state index in [-0.39, 0.29) is 10.8 Å². The summed E-state index contributed by atoms with van der Waals surface area (Å²) in [5.74, 6) is -1.04. The Kier molecular flexibility index (Phi) is 5.42. The lowest BCUT2D eigenvalue weighted by Crippen LogP contribution is -2.47. The Hall–Kier alpha value is -1.89. The van der Waals surface area contributed by atoms with Crippen LogP contribution in [0.2, 0.25) is 5.02 Å². The fourth-order valence-corrected chi connectivity index (χ4v) is 4.05. The van der Waals surface area contributed by atoms with E-state index in [0.29, 0.717) is 37.6 Å². The number of carbonyl (C=O) groups is 2. The third kappa shape index (κ3) is 3.86. The van der Waals surface area contributed by atoms with Crippen molar-refractivity contribution in [1.29, 1.82) is 0 Å². The number of carbonyl (C=O) groups excluding carboxylic acids is 1. The Morgan fingerprint density at radius 3 is 2.64 bits per heavy atom. The number of thiophene rings is 1. The molecule has 1 fully saturated rings. The normalized spacial score (nSPS) is 16.4. The number of carboxylic acid groups (broad SMARTS) is 1. The zero-order valence-electron chi connectivity index (χ0n) is 13.5. The molecule has 0 atom stereocenters. The predicted octanol–water partition coefficient (Wildman–Crippen LogP) is 3.46. The zero-order chi connectivity index (χ0) is 17.9. The van der Waals surface area contributed by atoms with Crippen LogP contribution in [0.25, 0.3) is 0 Å². The molecule has 25 heavy (non-hydrogen) atoms. The molecule has 1 aromatic heterocycles. The molecule has 1 saturated heterocycles. The molecular formula is C18H18ClNO4S. The van der Waals surface area contributed by atoms with Crippen LogP contribution < -0.4 is 5.32 Å². The van der Waals surface area contributed by atoms with E-state index in [2.05, 4.69) is 5.32 Å². The third-order valence-corrected chi connectivity index (χ3v) is 5.76. The summed E-state index contributed by atoms with van der Waals surface area (Å²) >= 11 is 7.29. The van der Waals surface area contributed by atoms with Crippen LogP contribution in [0.4, 0.5) is 0 Å². The lowest BCUT2D eigenvalue weighted by Gasteiger charge is -2.36. The van der Waals surface area contributed by atoms with Crippen LogP contribution in [0.3, 0.4) is 0 Å². The standard InChI is InChI=1S/C18H18ClNO4S/c19-13-3-1-2-12(10-13)18(6-8-24-9-7-18)17(23)20-11-14-4-5-15(25-14)16(21)22/h1-5,10H,6-9,11H2,(H,20,23)(H,21,22). The molecule has 0 bridgehead atoms. The molecule has 2 aromatic rings. The van der Waals surface area contributed by atoms with Crippen LogP contribution >= 0.6 is 22.9 Å². The Morgan fingerprint density at radius 2 is 2.00 bits per heavy atom. The minimum Gasteiger partial charge on any atom is -0.477 e. The Morgan fingerprint density at radius 1 is 1.24 bits per heavy atom. The average molecular weight is 380 g/mol. The molecule has 132 valence electrons. The summed E-state index contributed by atoms with van der Waals surface area (Å²) < 4.78 is 5.44. The summed E-state index contributed by atoms with van der Waals surface area (Å²) in [7, 11) is 0. The number of hydrogen-bond donors (Lipinski definition) is 2. The second-order valence-electron chi connectivity index (χ2n) is 5.96. The molecule has 2 heterocycles. The van der Waals surface area contributed by atoms with Gasteiger partial charge in [0.2, 0.25) is 5.91 Å². The summed E-state index contributed by atoms with van der Waals surface area (Å²) in [5, 5.41) is 12.5. The van der Waals surface area contributed by atoms with Gasteiger partial charge in [0.1, 0.15) is 4.88 Å². The van der Waals surface area contributed by atoms with E-state index < -0.39 is 11.4 Å². The Labute approximate surface area is 154 Å². The molecule has 0 radical (unpaired) electrons. The van der Waals surface area contributed by atoms with Crippen molar-refractivity contribution in [2.75, 3.05) is 13.2 Å². The summed E-state index contributed by atoms with van der Waals surface area (Å²) in [6, 6.07) is 10.7. The van der Waals surface area contributed by atoms with Gasteiger partial charge in [0.05, 0.1) is 12.0 Å². The molecule has 3 rings (SSSR count). The number of benzene rings is 1. The van der Waals surface area contributed by atoms with Gasteiger partial charge in [0.15, 0.2) is 0 Å². The van der Waals surface area contributed by atoms with Gasteiger partial charge in [-0.05, 0) is 42.7 Å². The van der Waals surface area contributed by atoms with Crippen molar-refractivity contribution in [2.24, 2.45) is 0 Å². The minimum absolute atomic E-state index is 0.0802. The molecule has 1 aromatic carbocycles. The predicted molar refractivity (Wildman–Crippen MR) is 96.3 cm³/mol. The van der Waals surface area contributed by atoms with E-state index in [1.54, 1.807) is 18.2 Å². The lowest BCUT2D eigenvalue weighted by atomic mass is 9.73. The highest BCUT2D eigenvalue weighted by Crippen LogP contribution is 2.36. The minimum atomic E-state index is -0.956. The van der Waals surface area contributed by atoms with Gasteiger partial charge in [-0.25, -0.2) is 4.79 Å². The molecule has 0 aliphatic carbocycles. The first-order chi connectivity index (χ1) is 12.0. The second-order valence-corrected chi connectivity index (χ2v) is 7.56. The van der Waals surface area contributed by atoms with Crippen molar-refractivity contribution < 1.29 is 19.4 Å². The quantitative estimate of drug-likeness (QED) is 0.834. The first-order valence-corrected chi connectivity index (χ1v) is 9.15. The highest BCUT2D eigenvalue weighted by atomic mass is 35.5. The number of ether oxygens (including phenoxy) is 1. The van der Waals surface area contributed by atoms with Crippen molar-refractivity contribution >= 4 is 34.8 Å². The number of halogens is 1. The van der Waals surface area contributed by atoms with Crippen LogP contribution in [0, 0.1) is 0 Å². The highest BCUT2D eigenvalue weighted by molar-refractivity contribution is 7.13. The van der Waals surface area contributed by atoms with Gasteiger partial charge in [0, 0.05) is 23.1 Å². The zero-order valence-corrected chi connectivity index (χ0v) is 15.0. The number of rotatable bonds is 5. The average Bonchev–Trinajstić information content (AvgIpc) is 3.09. The number of carboxylic acids is 1. The van der Waals surface area contributed by atoms with Crippen molar-refractivity contribution in [1.82, 2.24) is 5.32 Å². The van der Waals surface area contributed by atoms with E-state index in [1.807, 2.05) is 18.2 Å². The molecule has 2 N–H and O–H groups in total. The molecule has 0 saturated carbocycles. The Bertz CT molecular complexity index is 783. The third-order valence-electron chi connectivity index (χ3n) is 4.45. The van der Waals surface area contributed by atoms with Crippen molar-refractivity contribution in [2.45, 2.75) is 24.8 Å². The smallest absolute Gasteiger partial charge is 0.345 e. The fraction of sp³-hybridized carbons (Fsp3) is 0.333. The van der Waals surface area contributed by atoms with Gasteiger partial charge in [-0.2, -0.15) is 0 Å². The molecule has 0 unspecified atom stereocenters. The van der Waals surface area contributed by atoms with Crippen LogP contribution in [0.5, 0.6) is 0 Å². The van der Waals surface area contributed by atoms with Crippen molar-refractivity contribution in [3.63, 3.8) is 0 Å². The maximum atomic E-state index is 13.0. The van der Waals surface area contributed by atoms with Gasteiger partial charge >= 0.3 is 5.97 Å². The SMILES string of the molecule is O=C(O)c1ccc(CNC(=O)C2(c3cccc(Cl)c3)CCOCC2)s1. The number of hydrogen-bond acceptors (Lipinski definition) is 4. The van der Waals surface area contributed by atoms with Crippen LogP contribution in [-0.4, -0.2) is 30.2 Å². The molecule has 5 nitrogen and oxygen atoms in total. The molecular weight excluding hydrogens is 362 g/mol. The van der Waals surface area contributed by atoms with Crippen molar-refractivity contribution in [3.05, 3.63) is 56.7 Å². The van der Waals surface area contributed by atoms with Crippen molar-refractivity contribution in [3.8, 4) is 0 Å².